The van der Waals surface area contributed by atoms with E-state index in [2.05, 4.69) is 44.3 Å². The Bertz CT molecular complexity index is 822. The number of hydrogen-bond donors (Lipinski definition) is 1. The van der Waals surface area contributed by atoms with Gasteiger partial charge < -0.3 is 5.32 Å². The molecule has 0 saturated heterocycles. The number of nitrogens with one attached hydrogen (secondary N) is 1. The smallest absolute Gasteiger partial charge is 0.152 e. The maximum atomic E-state index is 12.8. The van der Waals surface area contributed by atoms with Gasteiger partial charge in [-0.05, 0) is 63.6 Å². The quantitative estimate of drug-likeness (QED) is 0.873. The Labute approximate surface area is 147 Å². The van der Waals surface area contributed by atoms with Crippen molar-refractivity contribution in [1.29, 1.82) is 0 Å². The molecular weight excluding hydrogens is 316 g/mol. The molecule has 1 N–H and O–H groups in total. The number of benzene rings is 2. The number of fused-ring (bicyclic) bond motifs is 1. The molecule has 0 amide bonds. The van der Waals surface area contributed by atoms with Crippen molar-refractivity contribution >= 4 is 27.9 Å². The molecule has 0 radical (unpaired) electrons. The number of anilines is 2. The van der Waals surface area contributed by atoms with Gasteiger partial charge in [0.05, 0.1) is 10.4 Å². The highest BCUT2D eigenvalue weighted by Gasteiger charge is 2.23. The van der Waals surface area contributed by atoms with Crippen molar-refractivity contribution in [2.24, 2.45) is 0 Å². The van der Waals surface area contributed by atoms with Crippen LogP contribution in [0.25, 0.3) is 5.57 Å². The number of hydrogen-bond acceptors (Lipinski definition) is 2. The van der Waals surface area contributed by atoms with Gasteiger partial charge >= 0.3 is 0 Å². The second-order valence-electron chi connectivity index (χ2n) is 6.96. The Morgan fingerprint density at radius 1 is 1.04 bits per heavy atom. The lowest BCUT2D eigenvalue weighted by Crippen LogP contribution is -2.31. The van der Waals surface area contributed by atoms with Gasteiger partial charge in [-0.15, -0.1) is 0 Å². The Morgan fingerprint density at radius 3 is 2.38 bits per heavy atom. The van der Waals surface area contributed by atoms with E-state index in [0.29, 0.717) is 0 Å². The molecule has 0 bridgehead atoms. The topological polar surface area (TPSA) is 32.3 Å². The summed E-state index contributed by atoms with van der Waals surface area (Å²) in [6, 6.07) is 14.0. The fourth-order valence-corrected chi connectivity index (χ4v) is 4.06. The van der Waals surface area contributed by atoms with Crippen LogP contribution in [0.4, 0.5) is 11.4 Å². The molecule has 1 aliphatic rings. The molecule has 1 unspecified atom stereocenters. The van der Waals surface area contributed by atoms with E-state index in [0.717, 1.165) is 16.3 Å². The van der Waals surface area contributed by atoms with E-state index in [-0.39, 0.29) is 5.54 Å². The van der Waals surface area contributed by atoms with Gasteiger partial charge in [-0.2, -0.15) is 0 Å². The van der Waals surface area contributed by atoms with Crippen molar-refractivity contribution in [3.63, 3.8) is 0 Å². The normalized spacial score (nSPS) is 16.6. The molecule has 0 aromatic heterocycles. The van der Waals surface area contributed by atoms with Gasteiger partial charge in [0.2, 0.25) is 0 Å². The number of aryl methyl sites for hydroxylation is 1. The zero-order chi connectivity index (χ0) is 17.5. The lowest BCUT2D eigenvalue weighted by molar-refractivity contribution is 0.682. The zero-order valence-corrected chi connectivity index (χ0v) is 15.7. The third-order valence-corrected chi connectivity index (χ3v) is 5.68. The minimum absolute atomic E-state index is 0.0464. The first-order valence-electron chi connectivity index (χ1n) is 8.11. The van der Waals surface area contributed by atoms with E-state index in [9.17, 15) is 4.21 Å². The molecule has 3 nitrogen and oxygen atoms in total. The van der Waals surface area contributed by atoms with Crippen LogP contribution in [0.3, 0.4) is 0 Å². The van der Waals surface area contributed by atoms with Crippen molar-refractivity contribution in [2.75, 3.05) is 16.7 Å². The van der Waals surface area contributed by atoms with E-state index >= 15 is 0 Å². The van der Waals surface area contributed by atoms with Gasteiger partial charge in [0.25, 0.3) is 0 Å². The molecule has 1 atom stereocenters. The second kappa shape index (κ2) is 6.10. The monoisotopic (exact) mass is 340 g/mol. The average molecular weight is 340 g/mol. The molecule has 0 aliphatic carbocycles. The first kappa shape index (κ1) is 16.8. The van der Waals surface area contributed by atoms with Crippen molar-refractivity contribution < 1.29 is 4.21 Å². The average Bonchev–Trinajstić information content (AvgIpc) is 2.53. The molecule has 2 aromatic carbocycles. The standard InChI is InChI=1S/C20H24N2OS/c1-14-6-9-17(10-7-14)24(23)22(5)16-8-11-19-18(12-16)15(2)13-20(3,4)21-19/h6-13,21H,1-5H3. The maximum Gasteiger partial charge on any atom is 0.152 e. The Hall–Kier alpha value is -2.07. The molecule has 2 aromatic rings. The summed E-state index contributed by atoms with van der Waals surface area (Å²) < 4.78 is 14.6. The second-order valence-corrected chi connectivity index (χ2v) is 8.48. The highest BCUT2D eigenvalue weighted by Crippen LogP contribution is 2.36. The molecular formula is C20H24N2OS. The fraction of sp³-hybridized carbons (Fsp3) is 0.300. The van der Waals surface area contributed by atoms with Crippen molar-refractivity contribution in [1.82, 2.24) is 0 Å². The van der Waals surface area contributed by atoms with E-state index in [1.807, 2.05) is 48.6 Å². The fourth-order valence-electron chi connectivity index (χ4n) is 3.07. The number of rotatable bonds is 3. The van der Waals surface area contributed by atoms with Gasteiger partial charge in [-0.25, -0.2) is 4.21 Å². The van der Waals surface area contributed by atoms with Crippen LogP contribution < -0.4 is 9.62 Å². The van der Waals surface area contributed by atoms with Crippen LogP contribution in [0.2, 0.25) is 0 Å². The molecule has 0 saturated carbocycles. The first-order valence-corrected chi connectivity index (χ1v) is 9.22. The molecule has 0 spiro atoms. The summed E-state index contributed by atoms with van der Waals surface area (Å²) in [5.41, 5.74) is 5.60. The van der Waals surface area contributed by atoms with Crippen LogP contribution in [0, 0.1) is 6.92 Å². The van der Waals surface area contributed by atoms with Crippen LogP contribution >= 0.6 is 0 Å². The van der Waals surface area contributed by atoms with E-state index in [1.54, 1.807) is 0 Å². The third kappa shape index (κ3) is 3.24. The summed E-state index contributed by atoms with van der Waals surface area (Å²) in [6.45, 7) is 8.48. The number of allylic oxidation sites excluding steroid dienone is 1. The van der Waals surface area contributed by atoms with Crippen molar-refractivity contribution in [3.8, 4) is 0 Å². The van der Waals surface area contributed by atoms with E-state index < -0.39 is 11.0 Å². The summed E-state index contributed by atoms with van der Waals surface area (Å²) in [5.74, 6) is 0. The zero-order valence-electron chi connectivity index (χ0n) is 14.9. The molecule has 0 fully saturated rings. The summed E-state index contributed by atoms with van der Waals surface area (Å²) in [7, 11) is 0.651. The Morgan fingerprint density at radius 2 is 1.71 bits per heavy atom. The predicted molar refractivity (Wildman–Crippen MR) is 104 cm³/mol. The maximum absolute atomic E-state index is 12.8. The van der Waals surface area contributed by atoms with Crippen LogP contribution in [-0.4, -0.2) is 16.8 Å². The molecule has 1 heterocycles. The first-order chi connectivity index (χ1) is 11.3. The van der Waals surface area contributed by atoms with Gasteiger partial charge in [0.1, 0.15) is 0 Å². The minimum Gasteiger partial charge on any atom is -0.376 e. The van der Waals surface area contributed by atoms with Crippen LogP contribution in [0.1, 0.15) is 31.9 Å². The highest BCUT2D eigenvalue weighted by molar-refractivity contribution is 7.86. The summed E-state index contributed by atoms with van der Waals surface area (Å²) in [5, 5.41) is 3.53. The Kier molecular flexibility index (Phi) is 4.26. The van der Waals surface area contributed by atoms with Gasteiger partial charge in [0, 0.05) is 24.0 Å². The van der Waals surface area contributed by atoms with Crippen LogP contribution in [0.15, 0.2) is 53.4 Å². The summed E-state index contributed by atoms with van der Waals surface area (Å²) >= 11 is 0. The summed E-state index contributed by atoms with van der Waals surface area (Å²) in [6.07, 6.45) is 2.23. The minimum atomic E-state index is -1.22. The third-order valence-electron chi connectivity index (χ3n) is 4.30. The van der Waals surface area contributed by atoms with Gasteiger partial charge in [0.15, 0.2) is 11.0 Å². The SMILES string of the molecule is CC1=CC(C)(C)Nc2ccc(N(C)S(=O)c3ccc(C)cc3)cc21. The molecule has 4 heteroatoms. The van der Waals surface area contributed by atoms with Crippen LogP contribution in [-0.2, 0) is 11.0 Å². The lowest BCUT2D eigenvalue weighted by Gasteiger charge is -2.32. The Balaban J connectivity index is 1.92. The van der Waals surface area contributed by atoms with E-state index in [1.165, 1.54) is 16.7 Å². The van der Waals surface area contributed by atoms with Crippen molar-refractivity contribution in [3.05, 3.63) is 59.7 Å². The highest BCUT2D eigenvalue weighted by atomic mass is 32.2. The van der Waals surface area contributed by atoms with Crippen LogP contribution in [0.5, 0.6) is 0 Å². The molecule has 1 aliphatic heterocycles. The molecule has 126 valence electrons. The molecule has 3 rings (SSSR count). The number of nitrogens with zero attached hydrogens (tertiary/aromatic N) is 1. The summed E-state index contributed by atoms with van der Waals surface area (Å²) in [4.78, 5) is 0.812. The van der Waals surface area contributed by atoms with Gasteiger partial charge in [-0.1, -0.05) is 23.8 Å². The van der Waals surface area contributed by atoms with Gasteiger partial charge in [-0.3, -0.25) is 4.31 Å². The largest absolute Gasteiger partial charge is 0.376 e. The molecule has 24 heavy (non-hydrogen) atoms. The van der Waals surface area contributed by atoms with E-state index in [4.69, 9.17) is 0 Å². The lowest BCUT2D eigenvalue weighted by atomic mass is 9.91. The predicted octanol–water partition coefficient (Wildman–Crippen LogP) is 4.76. The van der Waals surface area contributed by atoms with Crippen molar-refractivity contribution in [2.45, 2.75) is 38.1 Å².